The molecule has 0 radical (unpaired) electrons. The number of hydrogen-bond donors (Lipinski definition) is 0. The van der Waals surface area contributed by atoms with E-state index in [9.17, 15) is 4.79 Å². The van der Waals surface area contributed by atoms with Crippen LogP contribution in [0.25, 0.3) is 0 Å². The SMILES string of the molecule is O=CC1(c2cccnc2)CCN(Cc2ccccc2)CC1. The Labute approximate surface area is 125 Å². The summed E-state index contributed by atoms with van der Waals surface area (Å²) in [6.07, 6.45) is 6.46. The third kappa shape index (κ3) is 3.03. The van der Waals surface area contributed by atoms with Crippen LogP contribution in [0.15, 0.2) is 54.9 Å². The average molecular weight is 280 g/mol. The van der Waals surface area contributed by atoms with Crippen LogP contribution >= 0.6 is 0 Å². The van der Waals surface area contributed by atoms with Crippen molar-refractivity contribution >= 4 is 6.29 Å². The topological polar surface area (TPSA) is 33.2 Å². The summed E-state index contributed by atoms with van der Waals surface area (Å²) in [5, 5.41) is 0. The molecular formula is C18H20N2O. The molecule has 21 heavy (non-hydrogen) atoms. The zero-order valence-electron chi connectivity index (χ0n) is 12.1. The summed E-state index contributed by atoms with van der Waals surface area (Å²) in [6, 6.07) is 14.4. The molecule has 0 amide bonds. The number of hydrogen-bond acceptors (Lipinski definition) is 3. The number of aromatic nitrogens is 1. The van der Waals surface area contributed by atoms with Crippen LogP contribution in [0.4, 0.5) is 0 Å². The molecule has 0 saturated carbocycles. The Hall–Kier alpha value is -2.00. The second-order valence-electron chi connectivity index (χ2n) is 5.78. The first-order chi connectivity index (χ1) is 10.3. The fraction of sp³-hybridized carbons (Fsp3) is 0.333. The van der Waals surface area contributed by atoms with Crippen LogP contribution in [-0.2, 0) is 16.8 Å². The molecule has 0 bridgehead atoms. The van der Waals surface area contributed by atoms with Gasteiger partial charge in [0.2, 0.25) is 0 Å². The van der Waals surface area contributed by atoms with Crippen LogP contribution < -0.4 is 0 Å². The van der Waals surface area contributed by atoms with E-state index in [1.807, 2.05) is 24.4 Å². The van der Waals surface area contributed by atoms with Crippen LogP contribution in [0.3, 0.4) is 0 Å². The fourth-order valence-electron chi connectivity index (χ4n) is 3.08. The molecule has 3 rings (SSSR count). The van der Waals surface area contributed by atoms with Crippen molar-refractivity contribution in [2.45, 2.75) is 24.8 Å². The van der Waals surface area contributed by atoms with Crippen LogP contribution in [-0.4, -0.2) is 29.3 Å². The monoisotopic (exact) mass is 280 g/mol. The molecule has 0 N–H and O–H groups in total. The highest BCUT2D eigenvalue weighted by atomic mass is 16.1. The van der Waals surface area contributed by atoms with Gasteiger partial charge in [0.15, 0.2) is 0 Å². The fourth-order valence-corrected chi connectivity index (χ4v) is 3.08. The van der Waals surface area contributed by atoms with E-state index < -0.39 is 0 Å². The normalized spacial score (nSPS) is 18.3. The predicted octanol–water partition coefficient (Wildman–Crippen LogP) is 2.81. The van der Waals surface area contributed by atoms with Gasteiger partial charge >= 0.3 is 0 Å². The van der Waals surface area contributed by atoms with E-state index in [4.69, 9.17) is 0 Å². The average Bonchev–Trinajstić information content (AvgIpc) is 2.58. The third-order valence-electron chi connectivity index (χ3n) is 4.46. The van der Waals surface area contributed by atoms with Crippen molar-refractivity contribution in [2.24, 2.45) is 0 Å². The lowest BCUT2D eigenvalue weighted by Crippen LogP contribution is -2.43. The van der Waals surface area contributed by atoms with Gasteiger partial charge in [0.25, 0.3) is 0 Å². The van der Waals surface area contributed by atoms with Gasteiger partial charge in [-0.05, 0) is 43.1 Å². The number of carbonyl (C=O) groups excluding carboxylic acids is 1. The van der Waals surface area contributed by atoms with Gasteiger partial charge in [-0.2, -0.15) is 0 Å². The van der Waals surface area contributed by atoms with Crippen LogP contribution in [0.2, 0.25) is 0 Å². The first kappa shape index (κ1) is 14.0. The third-order valence-corrected chi connectivity index (χ3v) is 4.46. The van der Waals surface area contributed by atoms with Crippen molar-refractivity contribution in [2.75, 3.05) is 13.1 Å². The largest absolute Gasteiger partial charge is 0.302 e. The van der Waals surface area contributed by atoms with E-state index in [2.05, 4.69) is 34.1 Å². The van der Waals surface area contributed by atoms with E-state index in [1.165, 1.54) is 5.56 Å². The molecule has 3 heteroatoms. The maximum absolute atomic E-state index is 11.7. The minimum atomic E-state index is -0.346. The van der Waals surface area contributed by atoms with Gasteiger partial charge in [0, 0.05) is 18.9 Å². The number of nitrogens with zero attached hydrogens (tertiary/aromatic N) is 2. The Morgan fingerprint density at radius 3 is 2.48 bits per heavy atom. The van der Waals surface area contributed by atoms with Gasteiger partial charge < -0.3 is 4.79 Å². The van der Waals surface area contributed by atoms with E-state index in [1.54, 1.807) is 6.20 Å². The predicted molar refractivity (Wildman–Crippen MR) is 82.9 cm³/mol. The zero-order chi connectivity index (χ0) is 14.5. The molecule has 1 aromatic carbocycles. The minimum Gasteiger partial charge on any atom is -0.302 e. The quantitative estimate of drug-likeness (QED) is 0.807. The molecule has 1 aliphatic rings. The molecule has 0 spiro atoms. The second kappa shape index (κ2) is 6.19. The summed E-state index contributed by atoms with van der Waals surface area (Å²) in [7, 11) is 0. The molecule has 2 aromatic rings. The van der Waals surface area contributed by atoms with Gasteiger partial charge in [0.1, 0.15) is 6.29 Å². The van der Waals surface area contributed by atoms with Crippen molar-refractivity contribution in [3.63, 3.8) is 0 Å². The van der Waals surface area contributed by atoms with E-state index in [-0.39, 0.29) is 5.41 Å². The lowest BCUT2D eigenvalue weighted by molar-refractivity contribution is -0.114. The number of piperidine rings is 1. The number of pyridine rings is 1. The van der Waals surface area contributed by atoms with Gasteiger partial charge in [-0.1, -0.05) is 36.4 Å². The lowest BCUT2D eigenvalue weighted by atomic mass is 9.74. The number of carbonyl (C=O) groups is 1. The molecule has 0 aliphatic carbocycles. The van der Waals surface area contributed by atoms with Crippen molar-refractivity contribution in [1.82, 2.24) is 9.88 Å². The number of aldehydes is 1. The Balaban J connectivity index is 1.67. The van der Waals surface area contributed by atoms with Gasteiger partial charge in [-0.25, -0.2) is 0 Å². The molecule has 1 saturated heterocycles. The molecule has 1 aliphatic heterocycles. The smallest absolute Gasteiger partial charge is 0.130 e. The molecule has 108 valence electrons. The minimum absolute atomic E-state index is 0.346. The standard InChI is InChI=1S/C18H20N2O/c21-15-18(17-7-4-10-19-13-17)8-11-20(12-9-18)14-16-5-2-1-3-6-16/h1-7,10,13,15H,8-9,11-12,14H2. The Morgan fingerprint density at radius 1 is 1.10 bits per heavy atom. The second-order valence-corrected chi connectivity index (χ2v) is 5.78. The van der Waals surface area contributed by atoms with Gasteiger partial charge in [-0.3, -0.25) is 9.88 Å². The van der Waals surface area contributed by atoms with Gasteiger partial charge in [-0.15, -0.1) is 0 Å². The van der Waals surface area contributed by atoms with Crippen LogP contribution in [0, 0.1) is 0 Å². The molecule has 1 aromatic heterocycles. The summed E-state index contributed by atoms with van der Waals surface area (Å²) >= 11 is 0. The van der Waals surface area contributed by atoms with Gasteiger partial charge in [0.05, 0.1) is 5.41 Å². The van der Waals surface area contributed by atoms with Crippen molar-refractivity contribution in [3.8, 4) is 0 Å². The molecule has 0 unspecified atom stereocenters. The van der Waals surface area contributed by atoms with E-state index in [0.717, 1.165) is 44.3 Å². The number of rotatable bonds is 4. The summed E-state index contributed by atoms with van der Waals surface area (Å²) < 4.78 is 0. The molecule has 2 heterocycles. The maximum Gasteiger partial charge on any atom is 0.130 e. The summed E-state index contributed by atoms with van der Waals surface area (Å²) in [5.41, 5.74) is 2.04. The number of benzene rings is 1. The summed E-state index contributed by atoms with van der Waals surface area (Å²) in [4.78, 5) is 18.3. The first-order valence-electron chi connectivity index (χ1n) is 7.45. The lowest BCUT2D eigenvalue weighted by Gasteiger charge is -2.38. The highest BCUT2D eigenvalue weighted by molar-refractivity contribution is 5.68. The first-order valence-corrected chi connectivity index (χ1v) is 7.45. The van der Waals surface area contributed by atoms with Crippen LogP contribution in [0.5, 0.6) is 0 Å². The number of likely N-dealkylation sites (tertiary alicyclic amines) is 1. The van der Waals surface area contributed by atoms with Crippen molar-refractivity contribution in [3.05, 3.63) is 66.0 Å². The molecule has 1 fully saturated rings. The maximum atomic E-state index is 11.7. The zero-order valence-corrected chi connectivity index (χ0v) is 12.1. The Kier molecular flexibility index (Phi) is 4.11. The highest BCUT2D eigenvalue weighted by Gasteiger charge is 2.36. The Morgan fingerprint density at radius 2 is 1.86 bits per heavy atom. The summed E-state index contributed by atoms with van der Waals surface area (Å²) in [5.74, 6) is 0. The molecule has 3 nitrogen and oxygen atoms in total. The Bertz CT molecular complexity index is 575. The summed E-state index contributed by atoms with van der Waals surface area (Å²) in [6.45, 7) is 2.86. The molecular weight excluding hydrogens is 260 g/mol. The van der Waals surface area contributed by atoms with E-state index >= 15 is 0 Å². The van der Waals surface area contributed by atoms with E-state index in [0.29, 0.717) is 0 Å². The highest BCUT2D eigenvalue weighted by Crippen LogP contribution is 2.33. The van der Waals surface area contributed by atoms with Crippen LogP contribution in [0.1, 0.15) is 24.0 Å². The molecule has 0 atom stereocenters. The van der Waals surface area contributed by atoms with Crippen molar-refractivity contribution < 1.29 is 4.79 Å². The van der Waals surface area contributed by atoms with Crippen molar-refractivity contribution in [1.29, 1.82) is 0 Å².